The maximum absolute atomic E-state index is 12.7. The van der Waals surface area contributed by atoms with Crippen LogP contribution < -0.4 is 15.0 Å². The number of amides is 3. The SMILES string of the molecule is O=C(CCC(=O)N1CCOc2ccccc21)NC1CCN(C(=O)c2ccccc2)CC1. The summed E-state index contributed by atoms with van der Waals surface area (Å²) >= 11 is 0. The summed E-state index contributed by atoms with van der Waals surface area (Å²) in [6.45, 7) is 2.17. The normalized spacial score (nSPS) is 16.3. The van der Waals surface area contributed by atoms with Crippen molar-refractivity contribution in [3.63, 3.8) is 0 Å². The van der Waals surface area contributed by atoms with Gasteiger partial charge in [0.15, 0.2) is 0 Å². The zero-order valence-electron chi connectivity index (χ0n) is 17.5. The highest BCUT2D eigenvalue weighted by Crippen LogP contribution is 2.31. The number of hydrogen-bond donors (Lipinski definition) is 1. The lowest BCUT2D eigenvalue weighted by Gasteiger charge is -2.32. The average molecular weight is 421 g/mol. The Morgan fingerprint density at radius 1 is 0.903 bits per heavy atom. The molecule has 0 aliphatic carbocycles. The Morgan fingerprint density at radius 3 is 2.39 bits per heavy atom. The number of carbonyl (C=O) groups is 3. The molecule has 0 bridgehead atoms. The van der Waals surface area contributed by atoms with Crippen molar-refractivity contribution in [2.45, 2.75) is 31.7 Å². The van der Waals surface area contributed by atoms with Gasteiger partial charge in [-0.15, -0.1) is 0 Å². The summed E-state index contributed by atoms with van der Waals surface area (Å²) in [6, 6.07) is 16.7. The number of likely N-dealkylation sites (tertiary alicyclic amines) is 1. The maximum Gasteiger partial charge on any atom is 0.253 e. The van der Waals surface area contributed by atoms with Crippen LogP contribution in [0.3, 0.4) is 0 Å². The van der Waals surface area contributed by atoms with E-state index in [4.69, 9.17) is 4.74 Å². The van der Waals surface area contributed by atoms with E-state index in [0.717, 1.165) is 18.5 Å². The van der Waals surface area contributed by atoms with E-state index in [-0.39, 0.29) is 36.6 Å². The monoisotopic (exact) mass is 421 g/mol. The van der Waals surface area contributed by atoms with Crippen molar-refractivity contribution in [2.75, 3.05) is 31.1 Å². The Hall–Kier alpha value is -3.35. The molecule has 0 aromatic heterocycles. The molecule has 0 spiro atoms. The number of ether oxygens (including phenoxy) is 1. The fourth-order valence-corrected chi connectivity index (χ4v) is 4.07. The molecule has 31 heavy (non-hydrogen) atoms. The number of nitrogens with zero attached hydrogens (tertiary/aromatic N) is 2. The predicted octanol–water partition coefficient (Wildman–Crippen LogP) is 2.61. The summed E-state index contributed by atoms with van der Waals surface area (Å²) in [4.78, 5) is 41.1. The van der Waals surface area contributed by atoms with E-state index in [1.807, 2.05) is 59.5 Å². The minimum absolute atomic E-state index is 0.0294. The average Bonchev–Trinajstić information content (AvgIpc) is 2.83. The van der Waals surface area contributed by atoms with Gasteiger partial charge in [-0.25, -0.2) is 0 Å². The smallest absolute Gasteiger partial charge is 0.253 e. The molecule has 162 valence electrons. The number of anilines is 1. The molecule has 1 N–H and O–H groups in total. The van der Waals surface area contributed by atoms with Crippen LogP contribution in [0.2, 0.25) is 0 Å². The molecule has 0 unspecified atom stereocenters. The van der Waals surface area contributed by atoms with Gasteiger partial charge in [-0.1, -0.05) is 30.3 Å². The van der Waals surface area contributed by atoms with Gasteiger partial charge in [0.2, 0.25) is 11.8 Å². The van der Waals surface area contributed by atoms with Crippen LogP contribution in [0.15, 0.2) is 54.6 Å². The zero-order valence-corrected chi connectivity index (χ0v) is 17.5. The third-order valence-electron chi connectivity index (χ3n) is 5.76. The van der Waals surface area contributed by atoms with Crippen molar-refractivity contribution in [3.8, 4) is 5.75 Å². The third kappa shape index (κ3) is 5.05. The highest BCUT2D eigenvalue weighted by atomic mass is 16.5. The first-order valence-corrected chi connectivity index (χ1v) is 10.8. The molecule has 2 aliphatic heterocycles. The number of benzene rings is 2. The van der Waals surface area contributed by atoms with Crippen molar-refractivity contribution >= 4 is 23.4 Å². The molecular weight excluding hydrogens is 394 g/mol. The number of piperidine rings is 1. The van der Waals surface area contributed by atoms with Gasteiger partial charge in [-0.05, 0) is 37.1 Å². The van der Waals surface area contributed by atoms with E-state index in [2.05, 4.69) is 5.32 Å². The Kier molecular flexibility index (Phi) is 6.50. The molecule has 7 nitrogen and oxygen atoms in total. The zero-order chi connectivity index (χ0) is 21.6. The van der Waals surface area contributed by atoms with Gasteiger partial charge < -0.3 is 19.9 Å². The maximum atomic E-state index is 12.7. The van der Waals surface area contributed by atoms with Crippen molar-refractivity contribution < 1.29 is 19.1 Å². The molecule has 0 atom stereocenters. The van der Waals surface area contributed by atoms with Crippen LogP contribution in [0.4, 0.5) is 5.69 Å². The summed E-state index contributed by atoms with van der Waals surface area (Å²) in [5.41, 5.74) is 1.45. The van der Waals surface area contributed by atoms with E-state index in [9.17, 15) is 14.4 Å². The van der Waals surface area contributed by atoms with Crippen molar-refractivity contribution in [1.29, 1.82) is 0 Å². The van der Waals surface area contributed by atoms with E-state index in [1.165, 1.54) is 0 Å². The van der Waals surface area contributed by atoms with E-state index in [1.54, 1.807) is 4.90 Å². The molecule has 1 saturated heterocycles. The molecule has 0 radical (unpaired) electrons. The fraction of sp³-hybridized carbons (Fsp3) is 0.375. The number of rotatable bonds is 5. The highest BCUT2D eigenvalue weighted by molar-refractivity contribution is 5.97. The number of nitrogens with one attached hydrogen (secondary N) is 1. The van der Waals surface area contributed by atoms with Crippen LogP contribution >= 0.6 is 0 Å². The molecule has 0 saturated carbocycles. The third-order valence-corrected chi connectivity index (χ3v) is 5.76. The van der Waals surface area contributed by atoms with Gasteiger partial charge in [0.25, 0.3) is 5.91 Å². The summed E-state index contributed by atoms with van der Waals surface area (Å²) in [7, 11) is 0. The van der Waals surface area contributed by atoms with E-state index in [0.29, 0.717) is 37.6 Å². The van der Waals surface area contributed by atoms with Gasteiger partial charge >= 0.3 is 0 Å². The second-order valence-electron chi connectivity index (χ2n) is 7.86. The first kappa shape index (κ1) is 20.9. The van der Waals surface area contributed by atoms with Crippen LogP contribution in [0.1, 0.15) is 36.0 Å². The topological polar surface area (TPSA) is 79.0 Å². The number of fused-ring (bicyclic) bond motifs is 1. The van der Waals surface area contributed by atoms with Gasteiger partial charge in [-0.3, -0.25) is 14.4 Å². The Bertz CT molecular complexity index is 939. The molecule has 4 rings (SSSR count). The molecule has 2 aromatic rings. The van der Waals surface area contributed by atoms with Gasteiger partial charge in [0, 0.05) is 37.5 Å². The second kappa shape index (κ2) is 9.64. The second-order valence-corrected chi connectivity index (χ2v) is 7.86. The van der Waals surface area contributed by atoms with Gasteiger partial charge in [-0.2, -0.15) is 0 Å². The first-order valence-electron chi connectivity index (χ1n) is 10.8. The molecule has 7 heteroatoms. The van der Waals surface area contributed by atoms with Gasteiger partial charge in [0.05, 0.1) is 12.2 Å². The Labute approximate surface area is 182 Å². The minimum atomic E-state index is -0.122. The van der Waals surface area contributed by atoms with Crippen molar-refractivity contribution in [1.82, 2.24) is 10.2 Å². The first-order chi connectivity index (χ1) is 15.1. The summed E-state index contributed by atoms with van der Waals surface area (Å²) < 4.78 is 5.58. The summed E-state index contributed by atoms with van der Waals surface area (Å²) in [6.07, 6.45) is 1.75. The molecule has 2 heterocycles. The quantitative estimate of drug-likeness (QED) is 0.805. The van der Waals surface area contributed by atoms with Crippen molar-refractivity contribution in [2.24, 2.45) is 0 Å². The number of hydrogen-bond acceptors (Lipinski definition) is 4. The van der Waals surface area contributed by atoms with E-state index >= 15 is 0 Å². The molecule has 3 amide bonds. The number of para-hydroxylation sites is 2. The van der Waals surface area contributed by atoms with Crippen LogP contribution in [-0.4, -0.2) is 54.9 Å². The summed E-state index contributed by atoms with van der Waals surface area (Å²) in [5.74, 6) is 0.530. The largest absolute Gasteiger partial charge is 0.490 e. The molecule has 1 fully saturated rings. The standard InChI is InChI=1S/C24H27N3O4/c28-22(10-11-23(29)27-16-17-31-21-9-5-4-8-20(21)27)25-19-12-14-26(15-13-19)24(30)18-6-2-1-3-7-18/h1-9,19H,10-17H2,(H,25,28). The van der Waals surface area contributed by atoms with E-state index < -0.39 is 0 Å². The highest BCUT2D eigenvalue weighted by Gasteiger charge is 2.26. The van der Waals surface area contributed by atoms with Crippen LogP contribution in [0.25, 0.3) is 0 Å². The lowest BCUT2D eigenvalue weighted by Crippen LogP contribution is -2.46. The summed E-state index contributed by atoms with van der Waals surface area (Å²) in [5, 5.41) is 3.02. The lowest BCUT2D eigenvalue weighted by molar-refractivity contribution is -0.126. The lowest BCUT2D eigenvalue weighted by atomic mass is 10.0. The minimum Gasteiger partial charge on any atom is -0.490 e. The van der Waals surface area contributed by atoms with Gasteiger partial charge in [0.1, 0.15) is 12.4 Å². The van der Waals surface area contributed by atoms with Crippen LogP contribution in [0.5, 0.6) is 5.75 Å². The molecule has 2 aliphatic rings. The number of carbonyl (C=O) groups excluding carboxylic acids is 3. The predicted molar refractivity (Wildman–Crippen MR) is 117 cm³/mol. The van der Waals surface area contributed by atoms with Crippen LogP contribution in [0, 0.1) is 0 Å². The molecular formula is C24H27N3O4. The van der Waals surface area contributed by atoms with Crippen molar-refractivity contribution in [3.05, 3.63) is 60.2 Å². The Balaban J connectivity index is 1.22. The van der Waals surface area contributed by atoms with Crippen LogP contribution in [-0.2, 0) is 9.59 Å². The Morgan fingerprint density at radius 2 is 1.61 bits per heavy atom. The molecule has 2 aromatic carbocycles. The fourth-order valence-electron chi connectivity index (χ4n) is 4.07.